The van der Waals surface area contributed by atoms with Gasteiger partial charge in [0.2, 0.25) is 0 Å². The molecule has 3 aromatic carbocycles. The summed E-state index contributed by atoms with van der Waals surface area (Å²) in [5.74, 6) is 0.817. The number of anilines is 1. The van der Waals surface area contributed by atoms with Gasteiger partial charge >= 0.3 is 15.1 Å². The van der Waals surface area contributed by atoms with Crippen molar-refractivity contribution in [2.75, 3.05) is 66.6 Å². The molecule has 300 valence electrons. The SMILES string of the molecule is C#CP(=O)(Nc1ccc(C(=O)NCCCCCOP(C)(=O)Oc2cc(CS(=O)(=O)/C=C/c3c(OC)cc(OC)cc3OC)ccc2OC)cc1)OCCCO. The molecule has 18 heteroatoms. The number of methoxy groups -OCH3 is 4. The number of hydrogen-bond acceptors (Lipinski definition) is 13. The number of sulfone groups is 1. The van der Waals surface area contributed by atoms with E-state index in [1.54, 1.807) is 42.5 Å². The van der Waals surface area contributed by atoms with Crippen molar-refractivity contribution < 1.29 is 60.0 Å². The Morgan fingerprint density at radius 1 is 0.836 bits per heavy atom. The van der Waals surface area contributed by atoms with E-state index in [4.69, 9.17) is 44.0 Å². The fourth-order valence-electron chi connectivity index (χ4n) is 4.90. The summed E-state index contributed by atoms with van der Waals surface area (Å²) < 4.78 is 89.9. The van der Waals surface area contributed by atoms with Crippen molar-refractivity contribution in [3.8, 4) is 40.8 Å². The molecular formula is C37H48N2O13P2S. The normalized spacial score (nSPS) is 13.5. The van der Waals surface area contributed by atoms with Gasteiger partial charge in [-0.05, 0) is 73.7 Å². The number of ether oxygens (including phenoxy) is 4. The lowest BCUT2D eigenvalue weighted by atomic mass is 10.1. The van der Waals surface area contributed by atoms with E-state index >= 15 is 0 Å². The largest absolute Gasteiger partial charge is 0.496 e. The van der Waals surface area contributed by atoms with Crippen LogP contribution in [0.25, 0.3) is 6.08 Å². The molecule has 1 amide bonds. The van der Waals surface area contributed by atoms with Crippen LogP contribution in [0.4, 0.5) is 5.69 Å². The summed E-state index contributed by atoms with van der Waals surface area (Å²) >= 11 is 0. The Morgan fingerprint density at radius 2 is 1.49 bits per heavy atom. The second kappa shape index (κ2) is 21.6. The zero-order chi connectivity index (χ0) is 40.5. The molecule has 0 radical (unpaired) electrons. The minimum Gasteiger partial charge on any atom is -0.496 e. The van der Waals surface area contributed by atoms with Crippen molar-refractivity contribution in [3.63, 3.8) is 0 Å². The predicted molar refractivity (Wildman–Crippen MR) is 211 cm³/mol. The minimum atomic E-state index is -3.81. The minimum absolute atomic E-state index is 0.0314. The highest BCUT2D eigenvalue weighted by Gasteiger charge is 2.23. The van der Waals surface area contributed by atoms with Crippen LogP contribution in [0.5, 0.6) is 28.7 Å². The number of aliphatic hydroxyl groups is 1. The maximum Gasteiger partial charge on any atom is 0.376 e. The lowest BCUT2D eigenvalue weighted by Crippen LogP contribution is -2.24. The van der Waals surface area contributed by atoms with E-state index in [0.717, 1.165) is 5.41 Å². The first-order chi connectivity index (χ1) is 26.2. The van der Waals surface area contributed by atoms with Crippen LogP contribution in [0, 0.1) is 12.1 Å². The fourth-order valence-corrected chi connectivity index (χ4v) is 8.08. The van der Waals surface area contributed by atoms with E-state index in [9.17, 15) is 22.3 Å². The number of hydrogen-bond donors (Lipinski definition) is 3. The van der Waals surface area contributed by atoms with Gasteiger partial charge in [-0.25, -0.2) is 13.0 Å². The molecule has 0 heterocycles. The number of rotatable bonds is 24. The molecule has 0 saturated carbocycles. The highest BCUT2D eigenvalue weighted by Crippen LogP contribution is 2.48. The van der Waals surface area contributed by atoms with E-state index < -0.39 is 30.7 Å². The molecular weight excluding hydrogens is 774 g/mol. The number of unbranched alkanes of at least 4 members (excludes halogenated alkanes) is 2. The molecule has 2 unspecified atom stereocenters. The Balaban J connectivity index is 1.48. The van der Waals surface area contributed by atoms with Crippen molar-refractivity contribution in [3.05, 3.63) is 76.7 Å². The fraction of sp³-hybridized carbons (Fsp3) is 0.378. The van der Waals surface area contributed by atoms with Crippen LogP contribution in [0.1, 0.15) is 47.2 Å². The van der Waals surface area contributed by atoms with Gasteiger partial charge in [0.1, 0.15) is 17.2 Å². The third-order valence-corrected chi connectivity index (χ3v) is 11.6. The van der Waals surface area contributed by atoms with Crippen LogP contribution in [-0.2, 0) is 33.8 Å². The third kappa shape index (κ3) is 14.6. The molecule has 3 rings (SSSR count). The van der Waals surface area contributed by atoms with Gasteiger partial charge in [-0.1, -0.05) is 6.07 Å². The van der Waals surface area contributed by atoms with Gasteiger partial charge in [0.15, 0.2) is 21.3 Å². The standard InChI is InChI=1S/C37H48N2O13P2S/c1-7-54(43,51-22-11-20-40)39-30-15-13-29(14-16-30)37(41)38-19-9-8-10-21-50-53(6,42)52-36-24-28(12-17-33(36)47-3)27-55(44,45)23-18-32-34(48-4)25-31(46-2)26-35(32)49-5/h1,12-18,23-26,40H,8-11,19-22,27H2,2-6H3,(H,38,41)(H,39,43)/b23-18+. The van der Waals surface area contributed by atoms with Crippen molar-refractivity contribution in [2.45, 2.75) is 31.4 Å². The number of nitrogens with one attached hydrogen (secondary N) is 2. The topological polar surface area (TPSA) is 194 Å². The molecule has 2 atom stereocenters. The molecule has 0 spiro atoms. The Labute approximate surface area is 322 Å². The second-order valence-corrected chi connectivity index (χ2v) is 17.5. The van der Waals surface area contributed by atoms with Gasteiger partial charge in [0.05, 0.1) is 53.0 Å². The van der Waals surface area contributed by atoms with Gasteiger partial charge in [-0.2, -0.15) is 0 Å². The summed E-state index contributed by atoms with van der Waals surface area (Å²) in [4.78, 5) is 12.6. The van der Waals surface area contributed by atoms with Crippen molar-refractivity contribution in [1.82, 2.24) is 5.32 Å². The van der Waals surface area contributed by atoms with Crippen molar-refractivity contribution >= 4 is 42.6 Å². The summed E-state index contributed by atoms with van der Waals surface area (Å²) in [5, 5.41) is 15.4. The van der Waals surface area contributed by atoms with Crippen LogP contribution < -0.4 is 33.9 Å². The first kappa shape index (κ1) is 44.9. The average molecular weight is 823 g/mol. The average Bonchev–Trinajstić information content (AvgIpc) is 3.16. The van der Waals surface area contributed by atoms with Crippen LogP contribution in [-0.4, -0.2) is 80.9 Å². The summed E-state index contributed by atoms with van der Waals surface area (Å²) in [6.45, 7) is 1.72. The van der Waals surface area contributed by atoms with Gasteiger partial charge < -0.3 is 43.5 Å². The van der Waals surface area contributed by atoms with E-state index in [1.165, 1.54) is 53.3 Å². The highest BCUT2D eigenvalue weighted by atomic mass is 32.2. The summed E-state index contributed by atoms with van der Waals surface area (Å²) in [6, 6.07) is 14.0. The molecule has 55 heavy (non-hydrogen) atoms. The molecule has 15 nitrogen and oxygen atoms in total. The number of carbonyl (C=O) groups is 1. The Hall–Kier alpha value is -4.48. The zero-order valence-electron chi connectivity index (χ0n) is 31.4. The van der Waals surface area contributed by atoms with Gasteiger partial charge in [0.25, 0.3) is 5.91 Å². The predicted octanol–water partition coefficient (Wildman–Crippen LogP) is 6.72. The smallest absolute Gasteiger partial charge is 0.376 e. The van der Waals surface area contributed by atoms with E-state index in [1.807, 2.05) is 0 Å². The Bertz CT molecular complexity index is 1990. The van der Waals surface area contributed by atoms with E-state index in [0.29, 0.717) is 65.4 Å². The van der Waals surface area contributed by atoms with Crippen LogP contribution >= 0.6 is 15.1 Å². The Kier molecular flexibility index (Phi) is 17.6. The van der Waals surface area contributed by atoms with Crippen molar-refractivity contribution in [1.29, 1.82) is 0 Å². The van der Waals surface area contributed by atoms with Crippen LogP contribution in [0.15, 0.2) is 60.0 Å². The van der Waals surface area contributed by atoms with E-state index in [-0.39, 0.29) is 43.6 Å². The number of aliphatic hydroxyl groups excluding tert-OH is 1. The molecule has 3 N–H and O–H groups in total. The summed E-state index contributed by atoms with van der Waals surface area (Å²) in [5.41, 5.74) is 3.69. The van der Waals surface area contributed by atoms with Crippen molar-refractivity contribution in [2.24, 2.45) is 0 Å². The second-order valence-electron chi connectivity index (χ2n) is 11.8. The molecule has 0 saturated heterocycles. The first-order valence-electron chi connectivity index (χ1n) is 17.0. The summed E-state index contributed by atoms with van der Waals surface area (Å²) in [7, 11) is -5.24. The molecule has 0 bridgehead atoms. The van der Waals surface area contributed by atoms with E-state index in [2.05, 4.69) is 16.1 Å². The quantitative estimate of drug-likeness (QED) is 0.0490. The van der Waals surface area contributed by atoms with Crippen LogP contribution in [0.2, 0.25) is 0 Å². The van der Waals surface area contributed by atoms with Gasteiger partial charge in [-0.3, -0.25) is 13.9 Å². The third-order valence-electron chi connectivity index (χ3n) is 7.66. The zero-order valence-corrected chi connectivity index (χ0v) is 34.0. The first-order valence-corrected chi connectivity index (χ1v) is 22.3. The number of terminal acetylenes is 1. The van der Waals surface area contributed by atoms with Crippen LogP contribution in [0.3, 0.4) is 0 Å². The van der Waals surface area contributed by atoms with Gasteiger partial charge in [-0.15, -0.1) is 6.42 Å². The molecule has 0 aliphatic carbocycles. The Morgan fingerprint density at radius 3 is 2.09 bits per heavy atom. The lowest BCUT2D eigenvalue weighted by molar-refractivity contribution is 0.0953. The number of amides is 1. The van der Waals surface area contributed by atoms with Gasteiger partial charge in [0, 0.05) is 54.3 Å². The lowest BCUT2D eigenvalue weighted by Gasteiger charge is -2.18. The molecule has 0 aliphatic rings. The maximum atomic E-state index is 13.2. The molecule has 3 aromatic rings. The monoisotopic (exact) mass is 822 g/mol. The number of carbonyl (C=O) groups excluding carboxylic acids is 1. The maximum absolute atomic E-state index is 13.2. The molecule has 0 aromatic heterocycles. The molecule has 0 aliphatic heterocycles. The summed E-state index contributed by atoms with van der Waals surface area (Å²) in [6.07, 6.45) is 8.83. The highest BCUT2D eigenvalue weighted by molar-refractivity contribution is 7.93. The molecule has 0 fully saturated rings. The number of benzene rings is 3.